The second-order valence-corrected chi connectivity index (χ2v) is 29.7. The van der Waals surface area contributed by atoms with E-state index in [4.69, 9.17) is 37.0 Å². The van der Waals surface area contributed by atoms with Gasteiger partial charge in [0.15, 0.2) is 12.2 Å². The topological polar surface area (TPSA) is 237 Å². The van der Waals surface area contributed by atoms with Gasteiger partial charge >= 0.3 is 39.5 Å². The smallest absolute Gasteiger partial charge is 0.462 e. The van der Waals surface area contributed by atoms with Gasteiger partial charge in [-0.3, -0.25) is 37.3 Å². The van der Waals surface area contributed by atoms with E-state index in [-0.39, 0.29) is 25.7 Å². The van der Waals surface area contributed by atoms with Crippen molar-refractivity contribution >= 4 is 39.5 Å². The molecule has 0 aromatic carbocycles. The lowest BCUT2D eigenvalue weighted by molar-refractivity contribution is -0.161. The number of esters is 4. The van der Waals surface area contributed by atoms with Crippen LogP contribution in [-0.4, -0.2) is 96.7 Å². The number of unbranched alkanes of at least 4 members (excludes halogenated alkanes) is 45. The third kappa shape index (κ3) is 66.7. The second-order valence-electron chi connectivity index (χ2n) is 26.8. The highest BCUT2D eigenvalue weighted by Gasteiger charge is 2.30. The summed E-state index contributed by atoms with van der Waals surface area (Å²) in [6, 6.07) is 0. The van der Waals surface area contributed by atoms with Crippen molar-refractivity contribution < 1.29 is 80.2 Å². The zero-order valence-electron chi connectivity index (χ0n) is 59.7. The van der Waals surface area contributed by atoms with Gasteiger partial charge in [0.25, 0.3) is 0 Å². The number of phosphoric acid groups is 2. The van der Waals surface area contributed by atoms with E-state index >= 15 is 0 Å². The number of aliphatic hydroxyl groups is 1. The molecule has 0 amide bonds. The van der Waals surface area contributed by atoms with E-state index in [0.717, 1.165) is 95.8 Å². The van der Waals surface area contributed by atoms with E-state index in [9.17, 15) is 43.2 Å². The van der Waals surface area contributed by atoms with Crippen LogP contribution in [0.4, 0.5) is 0 Å². The van der Waals surface area contributed by atoms with Gasteiger partial charge < -0.3 is 33.8 Å². The van der Waals surface area contributed by atoms with Crippen molar-refractivity contribution in [1.29, 1.82) is 0 Å². The van der Waals surface area contributed by atoms with E-state index in [0.29, 0.717) is 25.7 Å². The van der Waals surface area contributed by atoms with Crippen LogP contribution in [0.5, 0.6) is 0 Å². The van der Waals surface area contributed by atoms with Gasteiger partial charge in [-0.1, -0.05) is 330 Å². The van der Waals surface area contributed by atoms with E-state index in [2.05, 4.69) is 34.6 Å². The van der Waals surface area contributed by atoms with E-state index in [1.54, 1.807) is 0 Å². The van der Waals surface area contributed by atoms with Gasteiger partial charge in [-0.2, -0.15) is 0 Å². The van der Waals surface area contributed by atoms with Gasteiger partial charge in [-0.05, 0) is 31.6 Å². The molecule has 0 heterocycles. The Morgan fingerprint density at radius 3 is 0.739 bits per heavy atom. The zero-order chi connectivity index (χ0) is 67.7. The monoisotopic (exact) mass is 1350 g/mol. The molecule has 5 atom stereocenters. The fourth-order valence-corrected chi connectivity index (χ4v) is 12.8. The number of ether oxygens (including phenoxy) is 4. The zero-order valence-corrected chi connectivity index (χ0v) is 61.5. The molecule has 92 heavy (non-hydrogen) atoms. The molecule has 0 aromatic heterocycles. The fraction of sp³-hybridized carbons (Fsp3) is 0.945. The van der Waals surface area contributed by atoms with Gasteiger partial charge in [-0.25, -0.2) is 9.13 Å². The quantitative estimate of drug-likeness (QED) is 0.0222. The SMILES string of the molecule is CCCCCCCCCCCCCCCCC(=O)OC[C@H](COP(=O)(O)OC[C@@H](O)COP(=O)(O)OC[C@@H](COC(=O)CCCCCCCCCCCC)OC(=O)CCCCCCCCCCCCCC)OC(=O)CCCCCCCCCCCCCCCC(C)C. The number of phosphoric ester groups is 2. The number of hydrogen-bond donors (Lipinski definition) is 3. The number of carbonyl (C=O) groups excluding carboxylic acids is 4. The van der Waals surface area contributed by atoms with Crippen molar-refractivity contribution in [1.82, 2.24) is 0 Å². The summed E-state index contributed by atoms with van der Waals surface area (Å²) in [5.41, 5.74) is 0. The number of carbonyl (C=O) groups is 4. The highest BCUT2D eigenvalue weighted by molar-refractivity contribution is 7.47. The molecular formula is C73H142O17P2. The van der Waals surface area contributed by atoms with Crippen LogP contribution < -0.4 is 0 Å². The molecule has 0 aromatic rings. The Hall–Kier alpha value is -1.94. The summed E-state index contributed by atoms with van der Waals surface area (Å²) in [6.07, 6.45) is 53.9. The van der Waals surface area contributed by atoms with E-state index in [1.807, 2.05) is 0 Å². The summed E-state index contributed by atoms with van der Waals surface area (Å²) >= 11 is 0. The molecule has 0 spiro atoms. The van der Waals surface area contributed by atoms with Gasteiger partial charge in [0, 0.05) is 25.7 Å². The molecule has 0 aliphatic rings. The minimum Gasteiger partial charge on any atom is -0.462 e. The Labute approximate surface area is 562 Å². The standard InChI is InChI=1S/C73H142O17P2/c1-6-9-12-15-18-21-24-26-29-33-37-42-47-52-57-71(76)84-63-69(90-73(78)59-54-49-44-39-34-30-27-28-31-35-40-45-50-55-66(4)5)65-88-92(81,82)86-61-67(74)60-85-91(79,80)87-64-68(62-83-70(75)56-51-46-41-36-23-20-17-14-11-8-3)89-72(77)58-53-48-43-38-32-25-22-19-16-13-10-7-2/h66-69,74H,6-65H2,1-5H3,(H,79,80)(H,81,82)/t67-,68+,69+/m0/s1. The van der Waals surface area contributed by atoms with Crippen LogP contribution in [0.2, 0.25) is 0 Å². The molecule has 546 valence electrons. The third-order valence-electron chi connectivity index (χ3n) is 17.0. The highest BCUT2D eigenvalue weighted by atomic mass is 31.2. The van der Waals surface area contributed by atoms with Gasteiger partial charge in [0.1, 0.15) is 19.3 Å². The van der Waals surface area contributed by atoms with Crippen molar-refractivity contribution in [2.45, 2.75) is 400 Å². The predicted octanol–water partition coefficient (Wildman–Crippen LogP) is 21.3. The minimum absolute atomic E-state index is 0.108. The van der Waals surface area contributed by atoms with Crippen LogP contribution >= 0.6 is 15.6 Å². The number of rotatable bonds is 73. The molecule has 0 fully saturated rings. The number of hydrogen-bond acceptors (Lipinski definition) is 15. The molecule has 17 nitrogen and oxygen atoms in total. The molecule has 0 aliphatic carbocycles. The first-order valence-corrected chi connectivity index (χ1v) is 41.1. The van der Waals surface area contributed by atoms with Crippen molar-refractivity contribution in [3.05, 3.63) is 0 Å². The summed E-state index contributed by atoms with van der Waals surface area (Å²) in [5, 5.41) is 10.6. The maximum atomic E-state index is 13.1. The van der Waals surface area contributed by atoms with Gasteiger partial charge in [0.2, 0.25) is 0 Å². The van der Waals surface area contributed by atoms with Crippen LogP contribution in [0, 0.1) is 5.92 Å². The lowest BCUT2D eigenvalue weighted by atomic mass is 10.0. The first kappa shape index (κ1) is 90.1. The highest BCUT2D eigenvalue weighted by Crippen LogP contribution is 2.45. The van der Waals surface area contributed by atoms with Crippen LogP contribution in [-0.2, 0) is 65.4 Å². The van der Waals surface area contributed by atoms with Crippen LogP contribution in [0.1, 0.15) is 381 Å². The Kier molecular flexibility index (Phi) is 64.9. The largest absolute Gasteiger partial charge is 0.472 e. The maximum Gasteiger partial charge on any atom is 0.472 e. The predicted molar refractivity (Wildman–Crippen MR) is 372 cm³/mol. The summed E-state index contributed by atoms with van der Waals surface area (Å²) in [4.78, 5) is 72.7. The average Bonchev–Trinajstić information content (AvgIpc) is 2.92. The number of aliphatic hydroxyl groups excluding tert-OH is 1. The lowest BCUT2D eigenvalue weighted by Gasteiger charge is -2.21. The Morgan fingerprint density at radius 1 is 0.293 bits per heavy atom. The van der Waals surface area contributed by atoms with E-state index in [1.165, 1.54) is 205 Å². The summed E-state index contributed by atoms with van der Waals surface area (Å²) in [5.74, 6) is -1.33. The molecule has 19 heteroatoms. The van der Waals surface area contributed by atoms with Crippen molar-refractivity contribution in [3.63, 3.8) is 0 Å². The van der Waals surface area contributed by atoms with Gasteiger partial charge in [0.05, 0.1) is 26.4 Å². The minimum atomic E-state index is -4.95. The van der Waals surface area contributed by atoms with Crippen LogP contribution in [0.15, 0.2) is 0 Å². The molecule has 0 saturated carbocycles. The first-order valence-electron chi connectivity index (χ1n) is 38.1. The first-order chi connectivity index (χ1) is 44.5. The summed E-state index contributed by atoms with van der Waals surface area (Å²) in [6.45, 7) is 7.29. The molecule has 0 saturated heterocycles. The maximum absolute atomic E-state index is 13.1. The second kappa shape index (κ2) is 66.3. The van der Waals surface area contributed by atoms with Gasteiger partial charge in [-0.15, -0.1) is 0 Å². The molecule has 3 N–H and O–H groups in total. The van der Waals surface area contributed by atoms with Crippen molar-refractivity contribution in [3.8, 4) is 0 Å². The van der Waals surface area contributed by atoms with E-state index < -0.39 is 97.5 Å². The summed E-state index contributed by atoms with van der Waals surface area (Å²) in [7, 11) is -9.90. The Morgan fingerprint density at radius 2 is 0.500 bits per heavy atom. The fourth-order valence-electron chi connectivity index (χ4n) is 11.2. The normalized spacial score (nSPS) is 14.0. The van der Waals surface area contributed by atoms with Crippen LogP contribution in [0.3, 0.4) is 0 Å². The Bertz CT molecular complexity index is 1770. The van der Waals surface area contributed by atoms with Crippen molar-refractivity contribution in [2.75, 3.05) is 39.6 Å². The lowest BCUT2D eigenvalue weighted by Crippen LogP contribution is -2.30. The van der Waals surface area contributed by atoms with Crippen molar-refractivity contribution in [2.24, 2.45) is 5.92 Å². The molecule has 0 bridgehead atoms. The molecule has 0 radical (unpaired) electrons. The molecule has 0 aliphatic heterocycles. The molecular weight excluding hydrogens is 1210 g/mol. The third-order valence-corrected chi connectivity index (χ3v) is 18.9. The van der Waals surface area contributed by atoms with Crippen LogP contribution in [0.25, 0.3) is 0 Å². The summed E-state index contributed by atoms with van der Waals surface area (Å²) < 4.78 is 68.4. The average molecular weight is 1350 g/mol. The molecule has 2 unspecified atom stereocenters. The Balaban J connectivity index is 5.24. The molecule has 0 rings (SSSR count).